The van der Waals surface area contributed by atoms with E-state index in [0.29, 0.717) is 24.5 Å². The first kappa shape index (κ1) is 17.5. The third kappa shape index (κ3) is 3.22. The smallest absolute Gasteiger partial charge is 0.254 e. The van der Waals surface area contributed by atoms with Crippen LogP contribution in [0.15, 0.2) is 42.5 Å². The maximum atomic E-state index is 13.4. The number of piperidine rings is 1. The Hall–Kier alpha value is -2.60. The lowest BCUT2D eigenvalue weighted by Crippen LogP contribution is -2.38. The van der Waals surface area contributed by atoms with E-state index in [9.17, 15) is 4.79 Å². The summed E-state index contributed by atoms with van der Waals surface area (Å²) < 4.78 is 12.6. The predicted octanol–water partition coefficient (Wildman–Crippen LogP) is 4.83. The van der Waals surface area contributed by atoms with E-state index in [0.717, 1.165) is 48.5 Å². The molecule has 144 valence electrons. The summed E-state index contributed by atoms with van der Waals surface area (Å²) in [6.45, 7) is 2.02. The van der Waals surface area contributed by atoms with Crippen molar-refractivity contribution in [1.29, 1.82) is 0 Å². The van der Waals surface area contributed by atoms with Gasteiger partial charge in [0.15, 0.2) is 11.5 Å². The molecule has 28 heavy (non-hydrogen) atoms. The first-order valence-electron chi connectivity index (χ1n) is 9.86. The van der Waals surface area contributed by atoms with Gasteiger partial charge in [-0.3, -0.25) is 4.79 Å². The number of hydrogen-bond acceptors (Lipinski definition) is 5. The molecule has 2 aromatic carbocycles. The number of amides is 1. The number of fused-ring (bicyclic) bond motifs is 2. The monoisotopic (exact) mass is 394 g/mol. The van der Waals surface area contributed by atoms with E-state index in [1.807, 2.05) is 41.3 Å². The molecule has 2 aliphatic heterocycles. The van der Waals surface area contributed by atoms with Crippen molar-refractivity contribution in [3.05, 3.63) is 53.0 Å². The average Bonchev–Trinajstić information content (AvgIpc) is 3.04. The van der Waals surface area contributed by atoms with Crippen LogP contribution >= 0.6 is 11.3 Å². The van der Waals surface area contributed by atoms with E-state index in [-0.39, 0.29) is 11.9 Å². The summed E-state index contributed by atoms with van der Waals surface area (Å²) in [7, 11) is 0. The van der Waals surface area contributed by atoms with E-state index >= 15 is 0 Å². The molecule has 6 heteroatoms. The Balaban J connectivity index is 1.46. The number of ether oxygens (including phenoxy) is 2. The molecule has 0 unspecified atom stereocenters. The molecule has 0 N–H and O–H groups in total. The molecule has 5 rings (SSSR count). The third-order valence-corrected chi connectivity index (χ3v) is 6.49. The summed E-state index contributed by atoms with van der Waals surface area (Å²) in [6.07, 6.45) is 3.95. The first-order chi connectivity index (χ1) is 13.8. The maximum absolute atomic E-state index is 13.4. The van der Waals surface area contributed by atoms with E-state index in [1.165, 1.54) is 4.70 Å². The summed E-state index contributed by atoms with van der Waals surface area (Å²) in [6, 6.07) is 13.7. The Labute approximate surface area is 167 Å². The fourth-order valence-corrected chi connectivity index (χ4v) is 5.04. The lowest BCUT2D eigenvalue weighted by atomic mass is 10.0. The normalized spacial score (nSPS) is 19.4. The molecule has 0 saturated carbocycles. The van der Waals surface area contributed by atoms with E-state index in [4.69, 9.17) is 14.5 Å². The second-order valence-corrected chi connectivity index (χ2v) is 8.30. The minimum absolute atomic E-state index is 0.0367. The Morgan fingerprint density at radius 2 is 1.89 bits per heavy atom. The molecule has 2 aliphatic rings. The molecule has 0 bridgehead atoms. The predicted molar refractivity (Wildman–Crippen MR) is 109 cm³/mol. The van der Waals surface area contributed by atoms with E-state index < -0.39 is 0 Å². The fourth-order valence-electron chi connectivity index (χ4n) is 3.93. The summed E-state index contributed by atoms with van der Waals surface area (Å²) in [5.74, 6) is 1.42. The second-order valence-electron chi connectivity index (χ2n) is 7.24. The molecule has 1 aromatic heterocycles. The number of carbonyl (C=O) groups excluding carboxylic acids is 1. The number of nitrogens with zero attached hydrogens (tertiary/aromatic N) is 2. The number of thiazole rings is 1. The number of para-hydroxylation sites is 1. The van der Waals surface area contributed by atoms with Crippen LogP contribution in [0.5, 0.6) is 11.5 Å². The Morgan fingerprint density at radius 1 is 1.04 bits per heavy atom. The molecule has 0 spiro atoms. The molecular weight excluding hydrogens is 372 g/mol. The summed E-state index contributed by atoms with van der Waals surface area (Å²) >= 11 is 1.70. The number of likely N-dealkylation sites (tertiary alicyclic amines) is 1. The molecule has 1 amide bonds. The van der Waals surface area contributed by atoms with Gasteiger partial charge in [0.05, 0.1) is 29.5 Å². The van der Waals surface area contributed by atoms with Crippen molar-refractivity contribution in [3.63, 3.8) is 0 Å². The molecular formula is C22H22N2O3S. The molecule has 0 aliphatic carbocycles. The highest BCUT2D eigenvalue weighted by Crippen LogP contribution is 2.37. The van der Waals surface area contributed by atoms with Gasteiger partial charge >= 0.3 is 0 Å². The number of carbonyl (C=O) groups is 1. The van der Waals surface area contributed by atoms with Gasteiger partial charge in [0.25, 0.3) is 5.91 Å². The second kappa shape index (κ2) is 7.43. The van der Waals surface area contributed by atoms with Crippen LogP contribution in [0.25, 0.3) is 10.2 Å². The van der Waals surface area contributed by atoms with Crippen LogP contribution in [0.2, 0.25) is 0 Å². The van der Waals surface area contributed by atoms with Crippen molar-refractivity contribution >= 4 is 27.5 Å². The van der Waals surface area contributed by atoms with Gasteiger partial charge in [0.1, 0.15) is 5.01 Å². The van der Waals surface area contributed by atoms with Gasteiger partial charge in [-0.1, -0.05) is 12.1 Å². The molecule has 1 fully saturated rings. The highest BCUT2D eigenvalue weighted by atomic mass is 32.1. The Bertz CT molecular complexity index is 983. The summed E-state index contributed by atoms with van der Waals surface area (Å²) in [5, 5.41) is 1.03. The molecule has 1 atom stereocenters. The SMILES string of the molecule is O=C(c1ccc2c(c1)OCCCO2)N1CCCC[C@H]1c1nc2ccccc2s1. The van der Waals surface area contributed by atoms with Crippen molar-refractivity contribution in [3.8, 4) is 11.5 Å². The van der Waals surface area contributed by atoms with Gasteiger partial charge < -0.3 is 14.4 Å². The molecule has 3 heterocycles. The van der Waals surface area contributed by atoms with Crippen molar-refractivity contribution in [2.75, 3.05) is 19.8 Å². The van der Waals surface area contributed by atoms with Crippen LogP contribution in [0.3, 0.4) is 0 Å². The van der Waals surface area contributed by atoms with Gasteiger partial charge in [-0.25, -0.2) is 4.98 Å². The first-order valence-corrected chi connectivity index (χ1v) is 10.7. The number of rotatable bonds is 2. The zero-order chi connectivity index (χ0) is 18.9. The van der Waals surface area contributed by atoms with Gasteiger partial charge in [-0.2, -0.15) is 0 Å². The van der Waals surface area contributed by atoms with Crippen molar-refractivity contribution < 1.29 is 14.3 Å². The van der Waals surface area contributed by atoms with Crippen molar-refractivity contribution in [2.24, 2.45) is 0 Å². The van der Waals surface area contributed by atoms with Gasteiger partial charge in [-0.15, -0.1) is 11.3 Å². The lowest BCUT2D eigenvalue weighted by Gasteiger charge is -2.34. The largest absolute Gasteiger partial charge is 0.490 e. The Morgan fingerprint density at radius 3 is 2.79 bits per heavy atom. The third-order valence-electron chi connectivity index (χ3n) is 5.35. The van der Waals surface area contributed by atoms with Crippen LogP contribution in [0, 0.1) is 0 Å². The van der Waals surface area contributed by atoms with Crippen LogP contribution in [-0.4, -0.2) is 35.5 Å². The van der Waals surface area contributed by atoms with Crippen LogP contribution in [0.1, 0.15) is 47.1 Å². The van der Waals surface area contributed by atoms with Gasteiger partial charge in [-0.05, 0) is 49.6 Å². The Kier molecular flexibility index (Phi) is 4.64. The maximum Gasteiger partial charge on any atom is 0.254 e. The van der Waals surface area contributed by atoms with Crippen LogP contribution in [-0.2, 0) is 0 Å². The lowest BCUT2D eigenvalue weighted by molar-refractivity contribution is 0.0611. The minimum Gasteiger partial charge on any atom is -0.490 e. The summed E-state index contributed by atoms with van der Waals surface area (Å²) in [5.41, 5.74) is 1.66. The molecule has 0 radical (unpaired) electrons. The summed E-state index contributed by atoms with van der Waals surface area (Å²) in [4.78, 5) is 20.2. The standard InChI is InChI=1S/C22H22N2O3S/c25-22(15-9-10-18-19(14-15)27-13-5-12-26-18)24-11-4-3-7-17(24)21-23-16-6-1-2-8-20(16)28-21/h1-2,6,8-10,14,17H,3-5,7,11-13H2/t17-/m0/s1. The van der Waals surface area contributed by atoms with Crippen molar-refractivity contribution in [2.45, 2.75) is 31.7 Å². The number of aromatic nitrogens is 1. The zero-order valence-electron chi connectivity index (χ0n) is 15.6. The highest BCUT2D eigenvalue weighted by molar-refractivity contribution is 7.18. The molecule has 3 aromatic rings. The van der Waals surface area contributed by atoms with Crippen LogP contribution < -0.4 is 9.47 Å². The van der Waals surface area contributed by atoms with Crippen LogP contribution in [0.4, 0.5) is 0 Å². The highest BCUT2D eigenvalue weighted by Gasteiger charge is 2.31. The van der Waals surface area contributed by atoms with Gasteiger partial charge in [0, 0.05) is 18.5 Å². The average molecular weight is 394 g/mol. The topological polar surface area (TPSA) is 51.7 Å². The fraction of sp³-hybridized carbons (Fsp3) is 0.364. The zero-order valence-corrected chi connectivity index (χ0v) is 16.4. The number of hydrogen-bond donors (Lipinski definition) is 0. The quantitative estimate of drug-likeness (QED) is 0.625. The molecule has 5 nitrogen and oxygen atoms in total. The van der Waals surface area contributed by atoms with E-state index in [1.54, 1.807) is 11.3 Å². The van der Waals surface area contributed by atoms with Gasteiger partial charge in [0.2, 0.25) is 0 Å². The number of benzene rings is 2. The van der Waals surface area contributed by atoms with Crippen molar-refractivity contribution in [1.82, 2.24) is 9.88 Å². The van der Waals surface area contributed by atoms with E-state index in [2.05, 4.69) is 6.07 Å². The molecule has 1 saturated heterocycles. The minimum atomic E-state index is 0.0367.